The highest BCUT2D eigenvalue weighted by Gasteiger charge is 2.24. The van der Waals surface area contributed by atoms with Crippen molar-refractivity contribution in [2.45, 2.75) is 33.1 Å². The van der Waals surface area contributed by atoms with E-state index in [9.17, 15) is 19.2 Å². The Kier molecular flexibility index (Phi) is 10.9. The van der Waals surface area contributed by atoms with E-state index in [2.05, 4.69) is 0 Å². The van der Waals surface area contributed by atoms with Gasteiger partial charge in [0.2, 0.25) is 0 Å². The van der Waals surface area contributed by atoms with Crippen molar-refractivity contribution in [3.8, 4) is 23.0 Å². The molecule has 0 saturated heterocycles. The molecule has 240 valence electrons. The Morgan fingerprint density at radius 2 is 1.22 bits per heavy atom. The van der Waals surface area contributed by atoms with Crippen molar-refractivity contribution in [2.24, 2.45) is 11.8 Å². The molecule has 0 unspecified atom stereocenters. The van der Waals surface area contributed by atoms with Crippen molar-refractivity contribution in [1.29, 1.82) is 0 Å². The van der Waals surface area contributed by atoms with Crippen LogP contribution >= 0.6 is 34.3 Å². The van der Waals surface area contributed by atoms with Crippen molar-refractivity contribution >= 4 is 78.0 Å². The molecule has 2 aromatic heterocycles. The monoisotopic (exact) mass is 680 g/mol. The second-order valence-electron chi connectivity index (χ2n) is 10.3. The van der Waals surface area contributed by atoms with Crippen molar-refractivity contribution in [3.63, 3.8) is 0 Å². The third kappa shape index (κ3) is 7.48. The van der Waals surface area contributed by atoms with Crippen LogP contribution in [0.25, 0.3) is 20.2 Å². The first-order chi connectivity index (χ1) is 21.4. The molecular formula is C31H30ClFO10S2. The maximum atomic E-state index is 15.5. The molecule has 0 aliphatic rings. The molecule has 4 aromatic rings. The molecular weight excluding hydrogens is 651 g/mol. The number of ether oxygens (including phenoxy) is 4. The summed E-state index contributed by atoms with van der Waals surface area (Å²) in [6, 6.07) is 6.25. The lowest BCUT2D eigenvalue weighted by atomic mass is 10.0. The molecule has 14 heteroatoms. The van der Waals surface area contributed by atoms with Gasteiger partial charge in [-0.05, 0) is 12.1 Å². The van der Waals surface area contributed by atoms with Crippen molar-refractivity contribution in [2.75, 3.05) is 27.4 Å². The molecule has 0 aliphatic carbocycles. The minimum Gasteiger partial charge on any atom is -0.493 e. The minimum absolute atomic E-state index is 0.0336. The average molecular weight is 681 g/mol. The number of carbonyl (C=O) groups excluding carboxylic acids is 2. The van der Waals surface area contributed by atoms with E-state index in [1.807, 2.05) is 0 Å². The van der Waals surface area contributed by atoms with Crippen molar-refractivity contribution < 1.29 is 52.7 Å². The fourth-order valence-corrected chi connectivity index (χ4v) is 6.83. The maximum Gasteiger partial charge on any atom is 0.306 e. The third-order valence-electron chi connectivity index (χ3n) is 6.96. The van der Waals surface area contributed by atoms with Gasteiger partial charge in [0.25, 0.3) is 0 Å². The van der Waals surface area contributed by atoms with Gasteiger partial charge in [0.1, 0.15) is 0 Å². The van der Waals surface area contributed by atoms with Crippen LogP contribution in [-0.2, 0) is 9.59 Å². The van der Waals surface area contributed by atoms with Gasteiger partial charge in [0.15, 0.2) is 40.4 Å². The van der Waals surface area contributed by atoms with Gasteiger partial charge in [-0.15, -0.1) is 22.7 Å². The number of methoxy groups -OCH3 is 2. The van der Waals surface area contributed by atoms with Gasteiger partial charge in [-0.3, -0.25) is 19.2 Å². The van der Waals surface area contributed by atoms with Crippen LogP contribution < -0.4 is 18.9 Å². The predicted molar refractivity (Wildman–Crippen MR) is 169 cm³/mol. The number of rotatable bonds is 16. The fourth-order valence-electron chi connectivity index (χ4n) is 4.38. The number of ketones is 2. The van der Waals surface area contributed by atoms with E-state index in [1.165, 1.54) is 45.5 Å². The predicted octanol–water partition coefficient (Wildman–Crippen LogP) is 7.36. The SMILES string of the molecule is COc1cc2sc(C(=O)C[C@H](C)C(=O)O)cc2c(F)c1OCCCOc1c(OC)cc2sc(C(=O)C[C@H](C)C(=O)O)cc2c1Cl. The van der Waals surface area contributed by atoms with Gasteiger partial charge in [-0.25, -0.2) is 4.39 Å². The quantitative estimate of drug-likeness (QED) is 0.0909. The van der Waals surface area contributed by atoms with E-state index in [1.54, 1.807) is 18.2 Å². The number of Topliss-reactive ketones (excluding diaryl/α,β-unsaturated/α-hetero) is 2. The number of benzene rings is 2. The van der Waals surface area contributed by atoms with Crippen LogP contribution in [-0.4, -0.2) is 61.2 Å². The molecule has 0 fully saturated rings. The van der Waals surface area contributed by atoms with E-state index in [0.29, 0.717) is 31.8 Å². The zero-order valence-electron chi connectivity index (χ0n) is 24.7. The molecule has 0 aliphatic heterocycles. The Balaban J connectivity index is 1.44. The van der Waals surface area contributed by atoms with Gasteiger partial charge in [0.05, 0.1) is 54.0 Å². The largest absolute Gasteiger partial charge is 0.493 e. The molecule has 2 heterocycles. The number of hydrogen-bond donors (Lipinski definition) is 2. The first-order valence-corrected chi connectivity index (χ1v) is 15.7. The van der Waals surface area contributed by atoms with Gasteiger partial charge >= 0.3 is 11.9 Å². The Hall–Kier alpha value is -3.94. The Bertz CT molecular complexity index is 1650. The Labute approximate surface area is 270 Å². The summed E-state index contributed by atoms with van der Waals surface area (Å²) in [6.07, 6.45) is -0.0425. The molecule has 0 bridgehead atoms. The number of halogens is 2. The van der Waals surface area contributed by atoms with E-state index >= 15 is 4.39 Å². The van der Waals surface area contributed by atoms with Gasteiger partial charge in [-0.2, -0.15) is 0 Å². The Morgan fingerprint density at radius 3 is 1.71 bits per heavy atom. The molecule has 0 radical (unpaired) electrons. The molecule has 0 saturated carbocycles. The minimum atomic E-state index is -1.09. The highest BCUT2D eigenvalue weighted by Crippen LogP contribution is 2.45. The summed E-state index contributed by atoms with van der Waals surface area (Å²) in [4.78, 5) is 48.1. The number of carboxylic acids is 2. The van der Waals surface area contributed by atoms with Crippen LogP contribution in [0.1, 0.15) is 52.5 Å². The van der Waals surface area contributed by atoms with Crippen LogP contribution in [0.4, 0.5) is 4.39 Å². The first-order valence-electron chi connectivity index (χ1n) is 13.7. The summed E-state index contributed by atoms with van der Waals surface area (Å²) in [6.45, 7) is 3.05. The molecule has 0 amide bonds. The van der Waals surface area contributed by atoms with Crippen LogP contribution in [0.5, 0.6) is 23.0 Å². The molecule has 2 aromatic carbocycles. The molecule has 4 rings (SSSR count). The summed E-state index contributed by atoms with van der Waals surface area (Å²) >= 11 is 8.87. The average Bonchev–Trinajstić information content (AvgIpc) is 3.63. The topological polar surface area (TPSA) is 146 Å². The number of thiophene rings is 2. The molecule has 0 spiro atoms. The fraction of sp³-hybridized carbons (Fsp3) is 0.355. The van der Waals surface area contributed by atoms with Crippen molar-refractivity contribution in [1.82, 2.24) is 0 Å². The van der Waals surface area contributed by atoms with Crippen LogP contribution in [0.3, 0.4) is 0 Å². The maximum absolute atomic E-state index is 15.5. The van der Waals surface area contributed by atoms with Crippen LogP contribution in [0.2, 0.25) is 5.02 Å². The van der Waals surface area contributed by atoms with Gasteiger partial charge in [0, 0.05) is 51.6 Å². The smallest absolute Gasteiger partial charge is 0.306 e. The first kappa shape index (κ1) is 33.9. The van der Waals surface area contributed by atoms with Crippen LogP contribution in [0, 0.1) is 17.7 Å². The van der Waals surface area contributed by atoms with E-state index < -0.39 is 35.4 Å². The number of hydrogen-bond acceptors (Lipinski definition) is 10. The highest BCUT2D eigenvalue weighted by atomic mass is 35.5. The van der Waals surface area contributed by atoms with Gasteiger partial charge in [-0.1, -0.05) is 25.4 Å². The van der Waals surface area contributed by atoms with E-state index in [0.717, 1.165) is 11.3 Å². The lowest BCUT2D eigenvalue weighted by Crippen LogP contribution is -2.13. The lowest BCUT2D eigenvalue weighted by molar-refractivity contribution is -0.141. The summed E-state index contributed by atoms with van der Waals surface area (Å²) in [5, 5.41) is 19.2. The summed E-state index contributed by atoms with van der Waals surface area (Å²) < 4.78 is 39.0. The summed E-state index contributed by atoms with van der Waals surface area (Å²) in [5.74, 6) is -4.65. The third-order valence-corrected chi connectivity index (χ3v) is 9.58. The number of carbonyl (C=O) groups is 4. The van der Waals surface area contributed by atoms with Gasteiger partial charge < -0.3 is 29.2 Å². The zero-order valence-corrected chi connectivity index (χ0v) is 27.1. The normalized spacial score (nSPS) is 12.6. The summed E-state index contributed by atoms with van der Waals surface area (Å²) in [7, 11) is 2.81. The van der Waals surface area contributed by atoms with Crippen LogP contribution in [0.15, 0.2) is 24.3 Å². The van der Waals surface area contributed by atoms with E-state index in [4.69, 9.17) is 40.8 Å². The summed E-state index contributed by atoms with van der Waals surface area (Å²) in [5.41, 5.74) is 0. The zero-order chi connectivity index (χ0) is 33.0. The Morgan fingerprint density at radius 1 is 0.778 bits per heavy atom. The molecule has 2 N–H and O–H groups in total. The second-order valence-corrected chi connectivity index (χ2v) is 12.8. The van der Waals surface area contributed by atoms with E-state index in [-0.39, 0.29) is 64.4 Å². The van der Waals surface area contributed by atoms with Crippen molar-refractivity contribution in [3.05, 3.63) is 44.9 Å². The number of fused-ring (bicyclic) bond motifs is 2. The number of aliphatic carboxylic acids is 2. The highest BCUT2D eigenvalue weighted by molar-refractivity contribution is 7.21. The lowest BCUT2D eigenvalue weighted by Gasteiger charge is -2.14. The molecule has 10 nitrogen and oxygen atoms in total. The standard InChI is InChI=1S/C31H30ClFO10S2/c1-14(30(36)37)8-18(34)24-10-16-22(44-24)12-20(40-3)28(26(16)32)42-6-5-7-43-29-21(41-4)13-23-17(27(29)33)11-25(45-23)19(35)9-15(2)31(38)39/h10-15H,5-9H2,1-4H3,(H,36,37)(H,38,39)/t14-,15-/m0/s1. The number of carboxylic acid groups (broad SMARTS) is 2. The molecule has 45 heavy (non-hydrogen) atoms. The second kappa shape index (κ2) is 14.4. The molecule has 2 atom stereocenters.